The van der Waals surface area contributed by atoms with Gasteiger partial charge in [0.2, 0.25) is 0 Å². The largest absolute Gasteiger partial charge is 0.335 e. The zero-order chi connectivity index (χ0) is 25.3. The number of imide groups is 2. The Kier molecular flexibility index (Phi) is 6.74. The zero-order valence-corrected chi connectivity index (χ0v) is 20.9. The molecular weight excluding hydrogens is 438 g/mol. The second kappa shape index (κ2) is 9.74. The number of hydrogen-bond donors (Lipinski definition) is 1. The predicted molar refractivity (Wildman–Crippen MR) is 139 cm³/mol. The van der Waals surface area contributed by atoms with Crippen molar-refractivity contribution in [1.29, 1.82) is 0 Å². The van der Waals surface area contributed by atoms with Crippen molar-refractivity contribution >= 4 is 29.6 Å². The lowest BCUT2D eigenvalue weighted by Gasteiger charge is -2.26. The predicted octanol–water partition coefficient (Wildman–Crippen LogP) is 5.84. The number of rotatable bonds is 6. The quantitative estimate of drug-likeness (QED) is 0.364. The van der Waals surface area contributed by atoms with Crippen molar-refractivity contribution in [2.75, 3.05) is 4.90 Å². The van der Waals surface area contributed by atoms with Crippen molar-refractivity contribution in [3.05, 3.63) is 88.2 Å². The minimum atomic E-state index is -0.741. The monoisotopic (exact) mass is 469 g/mol. The smallest absolute Gasteiger partial charge is 0.318 e. The van der Waals surface area contributed by atoms with Gasteiger partial charge in [0.25, 0.3) is 11.8 Å². The van der Waals surface area contributed by atoms with E-state index >= 15 is 0 Å². The molecule has 0 bridgehead atoms. The number of carbonyl (C=O) groups excluding carboxylic acids is 3. The second-order valence-electron chi connectivity index (χ2n) is 9.04. The van der Waals surface area contributed by atoms with Crippen molar-refractivity contribution < 1.29 is 14.4 Å². The lowest BCUT2D eigenvalue weighted by molar-refractivity contribution is -0.122. The van der Waals surface area contributed by atoms with Gasteiger partial charge in [-0.1, -0.05) is 45.0 Å². The average molecular weight is 470 g/mol. The Labute approximate surface area is 206 Å². The van der Waals surface area contributed by atoms with Gasteiger partial charge >= 0.3 is 6.03 Å². The number of anilines is 1. The molecule has 1 aliphatic rings. The third-order valence-corrected chi connectivity index (χ3v) is 6.81. The average Bonchev–Trinajstić information content (AvgIpc) is 3.14. The lowest BCUT2D eigenvalue weighted by atomic mass is 9.98. The number of urea groups is 1. The first kappa shape index (κ1) is 24.2. The Hall–Kier alpha value is -3.93. The number of barbiturate groups is 1. The maximum absolute atomic E-state index is 13.3. The van der Waals surface area contributed by atoms with E-state index in [0.717, 1.165) is 45.9 Å². The highest BCUT2D eigenvalue weighted by Crippen LogP contribution is 2.28. The van der Waals surface area contributed by atoms with Gasteiger partial charge in [0.05, 0.1) is 5.69 Å². The lowest BCUT2D eigenvalue weighted by Crippen LogP contribution is -2.54. The molecule has 6 heteroatoms. The zero-order valence-electron chi connectivity index (χ0n) is 20.9. The summed E-state index contributed by atoms with van der Waals surface area (Å²) in [5.74, 6) is -0.947. The van der Waals surface area contributed by atoms with Crippen LogP contribution < -0.4 is 10.2 Å². The van der Waals surface area contributed by atoms with Crippen molar-refractivity contribution in [3.63, 3.8) is 0 Å². The van der Waals surface area contributed by atoms with Gasteiger partial charge in [-0.3, -0.25) is 14.9 Å². The Balaban J connectivity index is 1.69. The van der Waals surface area contributed by atoms with Crippen LogP contribution in [0.25, 0.3) is 11.8 Å². The van der Waals surface area contributed by atoms with Crippen LogP contribution in [-0.4, -0.2) is 22.4 Å². The summed E-state index contributed by atoms with van der Waals surface area (Å²) in [6.07, 6.45) is 3.53. The number of carbonyl (C=O) groups is 3. The molecule has 1 N–H and O–H groups in total. The molecule has 1 fully saturated rings. The molecule has 0 saturated carbocycles. The standard InChI is InChI=1S/C29H31N3O3/c1-6-18(3)22-10-14-25(15-11-22)32-28(34)26(27(33)30-29(32)35)17-23-16-19(4)31(20(23)5)24-12-8-21(7-2)9-13-24/h8-18H,6-7H2,1-5H3,(H,30,33,35)/b26-17+/t18-/m1/s1. The topological polar surface area (TPSA) is 71.4 Å². The fourth-order valence-electron chi connectivity index (χ4n) is 4.45. The molecule has 4 rings (SSSR count). The maximum atomic E-state index is 13.3. The third kappa shape index (κ3) is 4.56. The summed E-state index contributed by atoms with van der Waals surface area (Å²) in [5.41, 5.74) is 6.40. The minimum Gasteiger partial charge on any atom is -0.318 e. The molecule has 0 aliphatic carbocycles. The number of hydrogen-bond acceptors (Lipinski definition) is 3. The van der Waals surface area contributed by atoms with E-state index in [0.29, 0.717) is 11.6 Å². The minimum absolute atomic E-state index is 0.0721. The second-order valence-corrected chi connectivity index (χ2v) is 9.04. The van der Waals surface area contributed by atoms with E-state index in [2.05, 4.69) is 54.9 Å². The highest BCUT2D eigenvalue weighted by molar-refractivity contribution is 6.39. The van der Waals surface area contributed by atoms with E-state index in [1.54, 1.807) is 18.2 Å². The van der Waals surface area contributed by atoms with Crippen molar-refractivity contribution in [1.82, 2.24) is 9.88 Å². The summed E-state index contributed by atoms with van der Waals surface area (Å²) in [6, 6.07) is 16.9. The Morgan fingerprint density at radius 1 is 0.914 bits per heavy atom. The summed E-state index contributed by atoms with van der Waals surface area (Å²) in [5, 5.41) is 2.31. The van der Waals surface area contributed by atoms with Crippen LogP contribution in [0.4, 0.5) is 10.5 Å². The SMILES string of the molecule is CCc1ccc(-n2c(C)cc(/C=C3\C(=O)NC(=O)N(c4ccc([C@H](C)CC)cc4)C3=O)c2C)cc1. The molecule has 1 aliphatic heterocycles. The van der Waals surface area contributed by atoms with Gasteiger partial charge in [0, 0.05) is 17.1 Å². The number of nitrogens with one attached hydrogen (secondary N) is 1. The van der Waals surface area contributed by atoms with Crippen LogP contribution in [0.2, 0.25) is 0 Å². The summed E-state index contributed by atoms with van der Waals surface area (Å²) in [4.78, 5) is 39.6. The molecule has 0 spiro atoms. The molecule has 180 valence electrons. The van der Waals surface area contributed by atoms with E-state index in [1.807, 2.05) is 32.0 Å². The van der Waals surface area contributed by atoms with Crippen LogP contribution in [0.3, 0.4) is 0 Å². The van der Waals surface area contributed by atoms with E-state index in [-0.39, 0.29) is 5.57 Å². The summed E-state index contributed by atoms with van der Waals surface area (Å²) in [6.45, 7) is 10.3. The van der Waals surface area contributed by atoms with Crippen LogP contribution in [0.5, 0.6) is 0 Å². The summed E-state index contributed by atoms with van der Waals surface area (Å²) in [7, 11) is 0. The molecular formula is C29H31N3O3. The van der Waals surface area contributed by atoms with Crippen molar-refractivity contribution in [2.24, 2.45) is 0 Å². The van der Waals surface area contributed by atoms with Crippen LogP contribution in [0.15, 0.2) is 60.2 Å². The molecule has 0 radical (unpaired) electrons. The van der Waals surface area contributed by atoms with Gasteiger partial charge in [-0.25, -0.2) is 9.69 Å². The van der Waals surface area contributed by atoms with Gasteiger partial charge in [0.15, 0.2) is 0 Å². The number of aromatic nitrogens is 1. The van der Waals surface area contributed by atoms with Crippen LogP contribution >= 0.6 is 0 Å². The van der Waals surface area contributed by atoms with Crippen LogP contribution in [0.1, 0.15) is 61.2 Å². The number of nitrogens with zero attached hydrogens (tertiary/aromatic N) is 2. The molecule has 1 atom stereocenters. The van der Waals surface area contributed by atoms with Gasteiger partial charge < -0.3 is 4.57 Å². The maximum Gasteiger partial charge on any atom is 0.335 e. The first-order valence-electron chi connectivity index (χ1n) is 12.0. The number of amides is 4. The Bertz CT molecular complexity index is 1310. The molecule has 6 nitrogen and oxygen atoms in total. The third-order valence-electron chi connectivity index (χ3n) is 6.81. The van der Waals surface area contributed by atoms with E-state index in [4.69, 9.17) is 0 Å². The highest BCUT2D eigenvalue weighted by atomic mass is 16.2. The van der Waals surface area contributed by atoms with Crippen molar-refractivity contribution in [2.45, 2.75) is 53.4 Å². The first-order chi connectivity index (χ1) is 16.7. The normalized spacial score (nSPS) is 16.1. The van der Waals surface area contributed by atoms with Gasteiger partial charge in [-0.15, -0.1) is 0 Å². The first-order valence-corrected chi connectivity index (χ1v) is 12.0. The van der Waals surface area contributed by atoms with E-state index < -0.39 is 17.8 Å². The summed E-state index contributed by atoms with van der Waals surface area (Å²) >= 11 is 0. The molecule has 1 saturated heterocycles. The molecule has 2 heterocycles. The van der Waals surface area contributed by atoms with Crippen LogP contribution in [0, 0.1) is 13.8 Å². The molecule has 35 heavy (non-hydrogen) atoms. The summed E-state index contributed by atoms with van der Waals surface area (Å²) < 4.78 is 2.09. The molecule has 0 unspecified atom stereocenters. The molecule has 4 amide bonds. The van der Waals surface area contributed by atoms with E-state index in [1.165, 1.54) is 5.56 Å². The number of aryl methyl sites for hydroxylation is 2. The molecule has 2 aromatic carbocycles. The van der Waals surface area contributed by atoms with Crippen LogP contribution in [-0.2, 0) is 16.0 Å². The Morgan fingerprint density at radius 2 is 1.54 bits per heavy atom. The number of benzene rings is 2. The Morgan fingerprint density at radius 3 is 2.14 bits per heavy atom. The van der Waals surface area contributed by atoms with E-state index in [9.17, 15) is 14.4 Å². The highest BCUT2D eigenvalue weighted by Gasteiger charge is 2.37. The fraction of sp³-hybridized carbons (Fsp3) is 0.276. The molecule has 1 aromatic heterocycles. The van der Waals surface area contributed by atoms with Gasteiger partial charge in [-0.05, 0) is 85.7 Å². The molecule has 3 aromatic rings. The van der Waals surface area contributed by atoms with Crippen molar-refractivity contribution in [3.8, 4) is 5.69 Å². The fourth-order valence-corrected chi connectivity index (χ4v) is 4.45. The van der Waals surface area contributed by atoms with Gasteiger partial charge in [-0.2, -0.15) is 0 Å². The van der Waals surface area contributed by atoms with Gasteiger partial charge in [0.1, 0.15) is 5.57 Å².